The van der Waals surface area contributed by atoms with Crippen molar-refractivity contribution in [3.63, 3.8) is 0 Å². The van der Waals surface area contributed by atoms with Crippen molar-refractivity contribution in [2.75, 3.05) is 7.11 Å². The summed E-state index contributed by atoms with van der Waals surface area (Å²) in [5.41, 5.74) is 0.722. The summed E-state index contributed by atoms with van der Waals surface area (Å²) in [4.78, 5) is 12.0. The van der Waals surface area contributed by atoms with Gasteiger partial charge in [-0.1, -0.05) is 17.9 Å². The second-order valence-corrected chi connectivity index (χ2v) is 4.33. The number of rotatable bonds is 2. The van der Waals surface area contributed by atoms with Gasteiger partial charge in [-0.05, 0) is 30.3 Å². The molecule has 100 valence electrons. The minimum Gasteiger partial charge on any atom is -0.872 e. The van der Waals surface area contributed by atoms with Gasteiger partial charge in [0.05, 0.1) is 12.5 Å². The van der Waals surface area contributed by atoms with Crippen LogP contribution in [0.3, 0.4) is 0 Å². The fourth-order valence-corrected chi connectivity index (χ4v) is 2.08. The SMILES string of the molecule is COc1ccc(-c2cc(=O)c3c([O-])cccc3o2)cc1. The van der Waals surface area contributed by atoms with E-state index in [9.17, 15) is 9.90 Å². The lowest BCUT2D eigenvalue weighted by Gasteiger charge is -2.09. The summed E-state index contributed by atoms with van der Waals surface area (Å²) < 4.78 is 10.7. The quantitative estimate of drug-likeness (QED) is 0.715. The molecule has 0 saturated heterocycles. The molecule has 0 atom stereocenters. The second kappa shape index (κ2) is 4.74. The summed E-state index contributed by atoms with van der Waals surface area (Å²) in [6.45, 7) is 0. The maximum Gasteiger partial charge on any atom is 0.192 e. The van der Waals surface area contributed by atoms with Crippen molar-refractivity contribution in [2.45, 2.75) is 0 Å². The lowest BCUT2D eigenvalue weighted by molar-refractivity contribution is -0.265. The molecule has 0 aliphatic rings. The van der Waals surface area contributed by atoms with Crippen LogP contribution in [-0.2, 0) is 0 Å². The van der Waals surface area contributed by atoms with E-state index in [1.54, 1.807) is 43.5 Å². The van der Waals surface area contributed by atoms with E-state index in [0.29, 0.717) is 11.3 Å². The zero-order valence-corrected chi connectivity index (χ0v) is 10.8. The van der Waals surface area contributed by atoms with Crippen molar-refractivity contribution >= 4 is 11.0 Å². The molecule has 0 spiro atoms. The van der Waals surface area contributed by atoms with Crippen molar-refractivity contribution in [2.24, 2.45) is 0 Å². The molecule has 20 heavy (non-hydrogen) atoms. The van der Waals surface area contributed by atoms with Gasteiger partial charge in [0, 0.05) is 11.6 Å². The number of methoxy groups -OCH3 is 1. The molecule has 4 heteroatoms. The molecular formula is C16H11O4-. The lowest BCUT2D eigenvalue weighted by Crippen LogP contribution is -2.04. The molecule has 0 unspecified atom stereocenters. The maximum atomic E-state index is 12.0. The highest BCUT2D eigenvalue weighted by molar-refractivity contribution is 5.84. The maximum absolute atomic E-state index is 12.0. The Balaban J connectivity index is 2.19. The molecule has 0 aliphatic heterocycles. The van der Waals surface area contributed by atoms with E-state index in [0.717, 1.165) is 11.3 Å². The van der Waals surface area contributed by atoms with Gasteiger partial charge in [-0.25, -0.2) is 0 Å². The molecule has 0 N–H and O–H groups in total. The number of fused-ring (bicyclic) bond motifs is 1. The van der Waals surface area contributed by atoms with Crippen molar-refractivity contribution in [3.05, 3.63) is 58.8 Å². The van der Waals surface area contributed by atoms with E-state index in [1.807, 2.05) is 0 Å². The first-order valence-corrected chi connectivity index (χ1v) is 6.07. The minimum absolute atomic E-state index is 0.0877. The van der Waals surface area contributed by atoms with Gasteiger partial charge in [0.25, 0.3) is 0 Å². The molecule has 0 aliphatic carbocycles. The normalized spacial score (nSPS) is 10.7. The summed E-state index contributed by atoms with van der Waals surface area (Å²) in [5.74, 6) is 0.826. The summed E-state index contributed by atoms with van der Waals surface area (Å²) in [6.07, 6.45) is 0. The van der Waals surface area contributed by atoms with Crippen molar-refractivity contribution < 1.29 is 14.3 Å². The number of hydrogen-bond donors (Lipinski definition) is 0. The largest absolute Gasteiger partial charge is 0.872 e. The van der Waals surface area contributed by atoms with E-state index >= 15 is 0 Å². The number of benzene rings is 2. The number of hydrogen-bond acceptors (Lipinski definition) is 4. The monoisotopic (exact) mass is 267 g/mol. The molecule has 1 heterocycles. The Morgan fingerprint density at radius 2 is 1.85 bits per heavy atom. The van der Waals surface area contributed by atoms with Crippen LogP contribution in [0.4, 0.5) is 0 Å². The summed E-state index contributed by atoms with van der Waals surface area (Å²) in [6, 6.07) is 13.0. The van der Waals surface area contributed by atoms with Crippen LogP contribution in [-0.4, -0.2) is 7.11 Å². The molecule has 0 radical (unpaired) electrons. The summed E-state index contributed by atoms with van der Waals surface area (Å²) in [5, 5.41) is 11.7. The Hall–Kier alpha value is -2.75. The van der Waals surface area contributed by atoms with Crippen LogP contribution in [0, 0.1) is 0 Å². The van der Waals surface area contributed by atoms with Crippen LogP contribution < -0.4 is 15.3 Å². The Labute approximate surface area is 114 Å². The third kappa shape index (κ3) is 2.01. The van der Waals surface area contributed by atoms with Gasteiger partial charge in [-0.15, -0.1) is 0 Å². The van der Waals surface area contributed by atoms with E-state index in [4.69, 9.17) is 9.15 Å². The highest BCUT2D eigenvalue weighted by Crippen LogP contribution is 2.26. The highest BCUT2D eigenvalue weighted by atomic mass is 16.5. The van der Waals surface area contributed by atoms with Gasteiger partial charge in [0.2, 0.25) is 0 Å². The molecule has 1 aromatic heterocycles. The molecular weight excluding hydrogens is 256 g/mol. The van der Waals surface area contributed by atoms with Crippen LogP contribution >= 0.6 is 0 Å². The van der Waals surface area contributed by atoms with Gasteiger partial charge in [0.15, 0.2) is 5.43 Å². The van der Waals surface area contributed by atoms with E-state index in [-0.39, 0.29) is 16.6 Å². The Bertz CT molecular complexity index is 816. The highest BCUT2D eigenvalue weighted by Gasteiger charge is 2.07. The smallest absolute Gasteiger partial charge is 0.192 e. The van der Waals surface area contributed by atoms with Gasteiger partial charge in [0.1, 0.15) is 17.1 Å². The predicted octanol–water partition coefficient (Wildman–Crippen LogP) is 2.54. The zero-order valence-electron chi connectivity index (χ0n) is 10.8. The molecule has 2 aromatic carbocycles. The lowest BCUT2D eigenvalue weighted by atomic mass is 10.1. The third-order valence-electron chi connectivity index (χ3n) is 3.09. The average molecular weight is 267 g/mol. The van der Waals surface area contributed by atoms with Crippen LogP contribution in [0.25, 0.3) is 22.3 Å². The Morgan fingerprint density at radius 1 is 1.10 bits per heavy atom. The van der Waals surface area contributed by atoms with Crippen LogP contribution in [0.5, 0.6) is 11.5 Å². The molecule has 3 rings (SSSR count). The standard InChI is InChI=1S/C16H12O4/c1-19-11-7-5-10(6-8-11)15-9-13(18)16-12(17)3-2-4-14(16)20-15/h2-9,17H,1H3/p-1. The first-order valence-electron chi connectivity index (χ1n) is 6.07. The van der Waals surface area contributed by atoms with Gasteiger partial charge in [-0.2, -0.15) is 0 Å². The van der Waals surface area contributed by atoms with Crippen molar-refractivity contribution in [3.8, 4) is 22.8 Å². The molecule has 0 bridgehead atoms. The number of ether oxygens (including phenoxy) is 1. The first-order chi connectivity index (χ1) is 9.69. The molecule has 4 nitrogen and oxygen atoms in total. The third-order valence-corrected chi connectivity index (χ3v) is 3.09. The summed E-state index contributed by atoms with van der Waals surface area (Å²) >= 11 is 0. The van der Waals surface area contributed by atoms with Crippen molar-refractivity contribution in [1.29, 1.82) is 0 Å². The fraction of sp³-hybridized carbons (Fsp3) is 0.0625. The first kappa shape index (κ1) is 12.3. The van der Waals surface area contributed by atoms with E-state index in [1.165, 1.54) is 12.1 Å². The zero-order chi connectivity index (χ0) is 14.1. The molecule has 0 amide bonds. The minimum atomic E-state index is -0.331. The van der Waals surface area contributed by atoms with Crippen molar-refractivity contribution in [1.82, 2.24) is 0 Å². The van der Waals surface area contributed by atoms with Crippen LogP contribution in [0.15, 0.2) is 57.7 Å². The fourth-order valence-electron chi connectivity index (χ4n) is 2.08. The van der Waals surface area contributed by atoms with Gasteiger partial charge >= 0.3 is 0 Å². The average Bonchev–Trinajstić information content (AvgIpc) is 2.47. The van der Waals surface area contributed by atoms with Crippen LogP contribution in [0.1, 0.15) is 0 Å². The summed E-state index contributed by atoms with van der Waals surface area (Å²) in [7, 11) is 1.58. The van der Waals surface area contributed by atoms with E-state index < -0.39 is 0 Å². The molecule has 0 saturated carbocycles. The van der Waals surface area contributed by atoms with E-state index in [2.05, 4.69) is 0 Å². The molecule has 0 fully saturated rings. The topological polar surface area (TPSA) is 62.5 Å². The second-order valence-electron chi connectivity index (χ2n) is 4.33. The Kier molecular flexibility index (Phi) is 2.91. The van der Waals surface area contributed by atoms with Gasteiger partial charge in [-0.3, -0.25) is 4.79 Å². The van der Waals surface area contributed by atoms with Gasteiger partial charge < -0.3 is 14.3 Å². The molecule has 3 aromatic rings. The Morgan fingerprint density at radius 3 is 2.55 bits per heavy atom. The van der Waals surface area contributed by atoms with Crippen LogP contribution in [0.2, 0.25) is 0 Å². The predicted molar refractivity (Wildman–Crippen MR) is 73.9 cm³/mol.